The molecule has 2 aromatic rings. The highest BCUT2D eigenvalue weighted by Crippen LogP contribution is 2.10. The molecule has 0 unspecified atom stereocenters. The molecule has 1 aromatic heterocycles. The maximum Gasteiger partial charge on any atom is 0.127 e. The van der Waals surface area contributed by atoms with Crippen LogP contribution in [0, 0.1) is 18.3 Å². The average Bonchev–Trinajstić information content (AvgIpc) is 2.47. The fourth-order valence-electron chi connectivity index (χ4n) is 1.82. The number of hydrogen-bond donors (Lipinski definition) is 1. The standard InChI is InChI=1S/C16H17N3O/c1-13-10-14(12-17)11-16(19-13)18-8-5-9-20-15-6-3-2-4-7-15/h2-4,6-7,10-11H,5,8-9H2,1H3,(H,18,19). The van der Waals surface area contributed by atoms with Crippen LogP contribution in [0.15, 0.2) is 42.5 Å². The molecule has 0 spiro atoms. The zero-order chi connectivity index (χ0) is 14.2. The fourth-order valence-corrected chi connectivity index (χ4v) is 1.82. The number of hydrogen-bond acceptors (Lipinski definition) is 4. The van der Waals surface area contributed by atoms with E-state index in [2.05, 4.69) is 16.4 Å². The highest BCUT2D eigenvalue weighted by atomic mass is 16.5. The molecule has 1 heterocycles. The maximum atomic E-state index is 8.90. The Labute approximate surface area is 119 Å². The van der Waals surface area contributed by atoms with E-state index in [9.17, 15) is 0 Å². The number of nitrogens with zero attached hydrogens (tertiary/aromatic N) is 2. The number of pyridine rings is 1. The lowest BCUT2D eigenvalue weighted by molar-refractivity contribution is 0.315. The second-order valence-corrected chi connectivity index (χ2v) is 4.44. The lowest BCUT2D eigenvalue weighted by Crippen LogP contribution is -2.08. The van der Waals surface area contributed by atoms with E-state index < -0.39 is 0 Å². The van der Waals surface area contributed by atoms with Crippen LogP contribution in [0.5, 0.6) is 5.75 Å². The predicted molar refractivity (Wildman–Crippen MR) is 78.7 cm³/mol. The second kappa shape index (κ2) is 7.15. The van der Waals surface area contributed by atoms with E-state index in [-0.39, 0.29) is 0 Å². The smallest absolute Gasteiger partial charge is 0.127 e. The number of nitriles is 1. The molecule has 0 saturated heterocycles. The topological polar surface area (TPSA) is 57.9 Å². The molecule has 1 aromatic carbocycles. The molecule has 4 nitrogen and oxygen atoms in total. The van der Waals surface area contributed by atoms with Crippen LogP contribution < -0.4 is 10.1 Å². The van der Waals surface area contributed by atoms with Crippen molar-refractivity contribution in [1.82, 2.24) is 4.98 Å². The number of benzene rings is 1. The van der Waals surface area contributed by atoms with E-state index in [4.69, 9.17) is 10.00 Å². The summed E-state index contributed by atoms with van der Waals surface area (Å²) in [5.41, 5.74) is 1.47. The Balaban J connectivity index is 1.74. The minimum atomic E-state index is 0.625. The first kappa shape index (κ1) is 13.9. The van der Waals surface area contributed by atoms with Gasteiger partial charge in [-0.1, -0.05) is 18.2 Å². The van der Waals surface area contributed by atoms with Crippen LogP contribution in [-0.4, -0.2) is 18.1 Å². The molecule has 1 N–H and O–H groups in total. The van der Waals surface area contributed by atoms with E-state index >= 15 is 0 Å². The molecule has 0 aliphatic heterocycles. The molecule has 0 radical (unpaired) electrons. The van der Waals surface area contributed by atoms with Crippen LogP contribution in [-0.2, 0) is 0 Å². The van der Waals surface area contributed by atoms with Gasteiger partial charge in [0.25, 0.3) is 0 Å². The molecule has 0 saturated carbocycles. The van der Waals surface area contributed by atoms with Gasteiger partial charge in [-0.25, -0.2) is 4.98 Å². The van der Waals surface area contributed by atoms with Crippen molar-refractivity contribution < 1.29 is 4.74 Å². The van der Waals surface area contributed by atoms with Gasteiger partial charge in [0.15, 0.2) is 0 Å². The summed E-state index contributed by atoms with van der Waals surface area (Å²) in [6.45, 7) is 3.28. The van der Waals surface area contributed by atoms with Crippen molar-refractivity contribution in [2.24, 2.45) is 0 Å². The molecule has 0 aliphatic carbocycles. The summed E-state index contributed by atoms with van der Waals surface area (Å²) < 4.78 is 5.60. The monoisotopic (exact) mass is 267 g/mol. The number of aryl methyl sites for hydroxylation is 1. The van der Waals surface area contributed by atoms with Crippen molar-refractivity contribution in [2.75, 3.05) is 18.5 Å². The van der Waals surface area contributed by atoms with Crippen molar-refractivity contribution in [3.8, 4) is 11.8 Å². The minimum absolute atomic E-state index is 0.625. The zero-order valence-corrected chi connectivity index (χ0v) is 11.5. The van der Waals surface area contributed by atoms with E-state index in [0.29, 0.717) is 12.2 Å². The van der Waals surface area contributed by atoms with E-state index in [0.717, 1.165) is 30.2 Å². The molecular weight excluding hydrogens is 250 g/mol. The van der Waals surface area contributed by atoms with Gasteiger partial charge in [-0.05, 0) is 37.6 Å². The van der Waals surface area contributed by atoms with Crippen LogP contribution >= 0.6 is 0 Å². The quantitative estimate of drug-likeness (QED) is 0.817. The Bertz CT molecular complexity index is 590. The van der Waals surface area contributed by atoms with Gasteiger partial charge in [-0.3, -0.25) is 0 Å². The van der Waals surface area contributed by atoms with Crippen LogP contribution in [0.25, 0.3) is 0 Å². The predicted octanol–water partition coefficient (Wildman–Crippen LogP) is 3.14. The van der Waals surface area contributed by atoms with Crippen molar-refractivity contribution >= 4 is 5.82 Å². The van der Waals surface area contributed by atoms with Crippen LogP contribution in [0.1, 0.15) is 17.7 Å². The van der Waals surface area contributed by atoms with Gasteiger partial charge in [-0.15, -0.1) is 0 Å². The minimum Gasteiger partial charge on any atom is -0.494 e. The summed E-state index contributed by atoms with van der Waals surface area (Å²) in [7, 11) is 0. The third kappa shape index (κ3) is 4.29. The van der Waals surface area contributed by atoms with Gasteiger partial charge >= 0.3 is 0 Å². The lowest BCUT2D eigenvalue weighted by Gasteiger charge is -2.08. The summed E-state index contributed by atoms with van der Waals surface area (Å²) in [5.74, 6) is 1.62. The number of para-hydroxylation sites is 1. The lowest BCUT2D eigenvalue weighted by atomic mass is 10.2. The number of nitrogens with one attached hydrogen (secondary N) is 1. The van der Waals surface area contributed by atoms with E-state index in [1.54, 1.807) is 12.1 Å². The highest BCUT2D eigenvalue weighted by Gasteiger charge is 1.99. The Kier molecular flexibility index (Phi) is 4.96. The molecule has 0 fully saturated rings. The van der Waals surface area contributed by atoms with Crippen LogP contribution in [0.2, 0.25) is 0 Å². The van der Waals surface area contributed by atoms with Crippen LogP contribution in [0.3, 0.4) is 0 Å². The normalized spacial score (nSPS) is 9.80. The summed E-state index contributed by atoms with van der Waals surface area (Å²) in [4.78, 5) is 4.33. The molecule has 20 heavy (non-hydrogen) atoms. The fraction of sp³-hybridized carbons (Fsp3) is 0.250. The van der Waals surface area contributed by atoms with Gasteiger partial charge in [0.05, 0.1) is 18.2 Å². The number of anilines is 1. The molecule has 0 amide bonds. The molecular formula is C16H17N3O. The zero-order valence-electron chi connectivity index (χ0n) is 11.5. The van der Waals surface area contributed by atoms with Crippen molar-refractivity contribution in [3.05, 3.63) is 53.7 Å². The van der Waals surface area contributed by atoms with Crippen molar-refractivity contribution in [3.63, 3.8) is 0 Å². The average molecular weight is 267 g/mol. The molecule has 0 bridgehead atoms. The van der Waals surface area contributed by atoms with Gasteiger partial charge in [0, 0.05) is 12.2 Å². The Hall–Kier alpha value is -2.54. The number of rotatable bonds is 6. The Morgan fingerprint density at radius 1 is 1.25 bits per heavy atom. The molecule has 4 heteroatoms. The first-order chi connectivity index (χ1) is 9.78. The highest BCUT2D eigenvalue weighted by molar-refractivity contribution is 5.44. The molecule has 102 valence electrons. The first-order valence-corrected chi connectivity index (χ1v) is 6.58. The number of ether oxygens (including phenoxy) is 1. The second-order valence-electron chi connectivity index (χ2n) is 4.44. The maximum absolute atomic E-state index is 8.90. The van der Waals surface area contributed by atoms with Gasteiger partial charge < -0.3 is 10.1 Å². The molecule has 2 rings (SSSR count). The van der Waals surface area contributed by atoms with Gasteiger partial charge in [-0.2, -0.15) is 5.26 Å². The summed E-state index contributed by atoms with van der Waals surface area (Å²) in [6.07, 6.45) is 0.867. The molecule has 0 aliphatic rings. The summed E-state index contributed by atoms with van der Waals surface area (Å²) >= 11 is 0. The summed E-state index contributed by atoms with van der Waals surface area (Å²) in [6, 6.07) is 15.4. The third-order valence-corrected chi connectivity index (χ3v) is 2.72. The SMILES string of the molecule is Cc1cc(C#N)cc(NCCCOc2ccccc2)n1. The van der Waals surface area contributed by atoms with Gasteiger partial charge in [0.1, 0.15) is 11.6 Å². The molecule has 0 atom stereocenters. The first-order valence-electron chi connectivity index (χ1n) is 6.58. The summed E-state index contributed by atoms with van der Waals surface area (Å²) in [5, 5.41) is 12.1. The third-order valence-electron chi connectivity index (χ3n) is 2.72. The Morgan fingerprint density at radius 3 is 2.80 bits per heavy atom. The van der Waals surface area contributed by atoms with Crippen molar-refractivity contribution in [1.29, 1.82) is 5.26 Å². The number of aromatic nitrogens is 1. The van der Waals surface area contributed by atoms with Crippen LogP contribution in [0.4, 0.5) is 5.82 Å². The largest absolute Gasteiger partial charge is 0.494 e. The van der Waals surface area contributed by atoms with E-state index in [1.807, 2.05) is 37.3 Å². The van der Waals surface area contributed by atoms with Crippen molar-refractivity contribution in [2.45, 2.75) is 13.3 Å². The Morgan fingerprint density at radius 2 is 2.05 bits per heavy atom. The van der Waals surface area contributed by atoms with E-state index in [1.165, 1.54) is 0 Å². The van der Waals surface area contributed by atoms with Gasteiger partial charge in [0.2, 0.25) is 0 Å².